The van der Waals surface area contributed by atoms with Crippen molar-refractivity contribution in [2.45, 2.75) is 13.8 Å². The lowest BCUT2D eigenvalue weighted by atomic mass is 10.2. The minimum atomic E-state index is -0.466. The van der Waals surface area contributed by atoms with Gasteiger partial charge in [-0.2, -0.15) is 0 Å². The summed E-state index contributed by atoms with van der Waals surface area (Å²) >= 11 is 17.0. The zero-order chi connectivity index (χ0) is 15.0. The molecule has 2 rings (SSSR count). The minimum Gasteiger partial charge on any atom is -0.278 e. The second kappa shape index (κ2) is 5.68. The van der Waals surface area contributed by atoms with E-state index in [0.29, 0.717) is 20.7 Å². The molecule has 0 atom stereocenters. The van der Waals surface area contributed by atoms with Crippen molar-refractivity contribution in [2.75, 3.05) is 11.4 Å². The molecular weight excluding hydrogens is 319 g/mol. The molecule has 1 aromatic rings. The number of carbonyl (C=O) groups excluding carboxylic acids is 2. The Morgan fingerprint density at radius 2 is 1.75 bits per heavy atom. The molecule has 106 valence electrons. The molecule has 0 spiro atoms. The Morgan fingerprint density at radius 1 is 1.20 bits per heavy atom. The minimum absolute atomic E-state index is 0.00430. The Balaban J connectivity index is 2.36. The first-order valence-electron chi connectivity index (χ1n) is 5.95. The Hall–Kier alpha value is -1.17. The summed E-state index contributed by atoms with van der Waals surface area (Å²) < 4.78 is 0. The summed E-state index contributed by atoms with van der Waals surface area (Å²) in [7, 11) is 0. The first-order valence-corrected chi connectivity index (χ1v) is 7.12. The number of halogens is 2. The van der Waals surface area contributed by atoms with Gasteiger partial charge < -0.3 is 0 Å². The van der Waals surface area contributed by atoms with E-state index in [1.807, 2.05) is 13.8 Å². The van der Waals surface area contributed by atoms with Crippen LogP contribution in [0.15, 0.2) is 18.2 Å². The topological polar surface area (TPSA) is 40.6 Å². The number of carbonyl (C=O) groups is 2. The van der Waals surface area contributed by atoms with Crippen molar-refractivity contribution in [3.05, 3.63) is 28.2 Å². The van der Waals surface area contributed by atoms with E-state index in [-0.39, 0.29) is 18.4 Å². The molecular formula is C13H12Cl2N2O2S. The zero-order valence-electron chi connectivity index (χ0n) is 10.9. The highest BCUT2D eigenvalue weighted by Gasteiger charge is 2.39. The van der Waals surface area contributed by atoms with Crippen molar-refractivity contribution in [1.29, 1.82) is 0 Å². The summed E-state index contributed by atoms with van der Waals surface area (Å²) in [6.45, 7) is 3.69. The lowest BCUT2D eigenvalue weighted by Gasteiger charge is -2.20. The molecule has 0 N–H and O–H groups in total. The molecule has 0 unspecified atom stereocenters. The fourth-order valence-corrected chi connectivity index (χ4v) is 2.56. The second-order valence-corrected chi connectivity index (χ2v) is 6.01. The zero-order valence-corrected chi connectivity index (χ0v) is 13.2. The summed E-state index contributed by atoms with van der Waals surface area (Å²) in [6, 6.07) is 4.11. The number of benzene rings is 1. The van der Waals surface area contributed by atoms with E-state index in [9.17, 15) is 9.59 Å². The quantitative estimate of drug-likeness (QED) is 0.612. The molecule has 7 heteroatoms. The van der Waals surface area contributed by atoms with Crippen LogP contribution in [-0.2, 0) is 4.79 Å². The SMILES string of the molecule is CC(C)C(=S)N1CC(=O)N(c2cc(Cl)cc(Cl)c2)C1=O. The number of rotatable bonds is 2. The van der Waals surface area contributed by atoms with Gasteiger partial charge in [0.1, 0.15) is 6.54 Å². The van der Waals surface area contributed by atoms with Crippen LogP contribution in [-0.4, -0.2) is 28.4 Å². The van der Waals surface area contributed by atoms with Crippen LogP contribution in [0.3, 0.4) is 0 Å². The first kappa shape index (κ1) is 15.2. The van der Waals surface area contributed by atoms with Gasteiger partial charge in [-0.05, 0) is 18.2 Å². The summed E-state index contributed by atoms with van der Waals surface area (Å²) in [5.74, 6) is -0.346. The van der Waals surface area contributed by atoms with E-state index in [0.717, 1.165) is 4.90 Å². The van der Waals surface area contributed by atoms with Gasteiger partial charge >= 0.3 is 6.03 Å². The molecule has 1 fully saturated rings. The summed E-state index contributed by atoms with van der Waals surface area (Å²) in [6.07, 6.45) is 0. The summed E-state index contributed by atoms with van der Waals surface area (Å²) in [5, 5.41) is 0.718. The van der Waals surface area contributed by atoms with Gasteiger partial charge in [-0.1, -0.05) is 49.3 Å². The third kappa shape index (κ3) is 2.80. The fraction of sp³-hybridized carbons (Fsp3) is 0.308. The fourth-order valence-electron chi connectivity index (χ4n) is 1.91. The number of imide groups is 1. The average Bonchev–Trinajstić information content (AvgIpc) is 2.62. The number of amides is 3. The molecule has 1 heterocycles. The maximum absolute atomic E-state index is 12.3. The van der Waals surface area contributed by atoms with Gasteiger partial charge in [0.2, 0.25) is 0 Å². The van der Waals surface area contributed by atoms with Crippen LogP contribution >= 0.6 is 35.4 Å². The number of hydrogen-bond acceptors (Lipinski definition) is 3. The van der Waals surface area contributed by atoms with Crippen molar-refractivity contribution < 1.29 is 9.59 Å². The number of hydrogen-bond donors (Lipinski definition) is 0. The molecule has 1 aliphatic heterocycles. The number of anilines is 1. The van der Waals surface area contributed by atoms with Gasteiger partial charge in [0.25, 0.3) is 5.91 Å². The van der Waals surface area contributed by atoms with Gasteiger partial charge in [-0.3, -0.25) is 9.69 Å². The monoisotopic (exact) mass is 330 g/mol. The molecule has 0 saturated carbocycles. The van der Waals surface area contributed by atoms with Crippen molar-refractivity contribution in [3.63, 3.8) is 0 Å². The van der Waals surface area contributed by atoms with Crippen LogP contribution in [0.2, 0.25) is 10.0 Å². The van der Waals surface area contributed by atoms with Crippen LogP contribution < -0.4 is 4.90 Å². The molecule has 3 amide bonds. The highest BCUT2D eigenvalue weighted by Crippen LogP contribution is 2.29. The van der Waals surface area contributed by atoms with Crippen LogP contribution in [0.5, 0.6) is 0 Å². The molecule has 0 aromatic heterocycles. The molecule has 1 aliphatic rings. The third-order valence-electron chi connectivity index (χ3n) is 2.83. The van der Waals surface area contributed by atoms with E-state index in [4.69, 9.17) is 35.4 Å². The van der Waals surface area contributed by atoms with Crippen molar-refractivity contribution in [3.8, 4) is 0 Å². The van der Waals surface area contributed by atoms with Gasteiger partial charge in [-0.25, -0.2) is 9.69 Å². The molecule has 1 saturated heterocycles. The van der Waals surface area contributed by atoms with Gasteiger partial charge in [0.05, 0.1) is 10.7 Å². The Bertz CT molecular complexity index is 584. The van der Waals surface area contributed by atoms with Crippen LogP contribution in [0.4, 0.5) is 10.5 Å². The molecule has 20 heavy (non-hydrogen) atoms. The predicted octanol–water partition coefficient (Wildman–Crippen LogP) is 3.75. The highest BCUT2D eigenvalue weighted by atomic mass is 35.5. The van der Waals surface area contributed by atoms with E-state index in [2.05, 4.69) is 0 Å². The Morgan fingerprint density at radius 3 is 2.25 bits per heavy atom. The van der Waals surface area contributed by atoms with Crippen LogP contribution in [0.25, 0.3) is 0 Å². The standard InChI is InChI=1S/C13H12Cl2N2O2S/c1-7(2)12(20)16-6-11(18)17(13(16)19)10-4-8(14)3-9(15)5-10/h3-5,7H,6H2,1-2H3. The number of nitrogens with zero attached hydrogens (tertiary/aromatic N) is 2. The van der Waals surface area contributed by atoms with E-state index in [1.165, 1.54) is 23.1 Å². The molecule has 0 aliphatic carbocycles. The smallest absolute Gasteiger partial charge is 0.278 e. The summed E-state index contributed by atoms with van der Waals surface area (Å²) in [4.78, 5) is 27.2. The molecule has 0 bridgehead atoms. The largest absolute Gasteiger partial charge is 0.336 e. The maximum atomic E-state index is 12.3. The lowest BCUT2D eigenvalue weighted by Crippen LogP contribution is -2.37. The lowest BCUT2D eigenvalue weighted by molar-refractivity contribution is -0.116. The van der Waals surface area contributed by atoms with Crippen molar-refractivity contribution >= 4 is 58.0 Å². The second-order valence-electron chi connectivity index (χ2n) is 4.72. The normalized spacial score (nSPS) is 15.4. The number of thiocarbonyl (C=S) groups is 1. The van der Waals surface area contributed by atoms with Crippen molar-refractivity contribution in [2.24, 2.45) is 5.92 Å². The van der Waals surface area contributed by atoms with E-state index >= 15 is 0 Å². The third-order valence-corrected chi connectivity index (χ3v) is 3.96. The Kier molecular flexibility index (Phi) is 4.32. The van der Waals surface area contributed by atoms with Crippen LogP contribution in [0.1, 0.15) is 13.8 Å². The number of urea groups is 1. The molecule has 0 radical (unpaired) electrons. The Labute approximate surface area is 132 Å². The first-order chi connectivity index (χ1) is 9.31. The van der Waals surface area contributed by atoms with E-state index in [1.54, 1.807) is 0 Å². The van der Waals surface area contributed by atoms with E-state index < -0.39 is 6.03 Å². The van der Waals surface area contributed by atoms with Gasteiger partial charge in [0, 0.05) is 16.0 Å². The molecule has 1 aromatic carbocycles. The van der Waals surface area contributed by atoms with Crippen LogP contribution in [0, 0.1) is 5.92 Å². The molecule has 4 nitrogen and oxygen atoms in total. The van der Waals surface area contributed by atoms with Gasteiger partial charge in [0.15, 0.2) is 0 Å². The highest BCUT2D eigenvalue weighted by molar-refractivity contribution is 7.80. The van der Waals surface area contributed by atoms with Crippen molar-refractivity contribution in [1.82, 2.24) is 4.90 Å². The maximum Gasteiger partial charge on any atom is 0.336 e. The van der Waals surface area contributed by atoms with Gasteiger partial charge in [-0.15, -0.1) is 0 Å². The summed E-state index contributed by atoms with van der Waals surface area (Å²) in [5.41, 5.74) is 0.353. The average molecular weight is 331 g/mol. The predicted molar refractivity (Wildman–Crippen MR) is 83.5 cm³/mol.